The highest BCUT2D eigenvalue weighted by molar-refractivity contribution is 6.05. The van der Waals surface area contributed by atoms with Crippen molar-refractivity contribution in [2.75, 3.05) is 5.73 Å². The molecule has 6 heteroatoms. The second-order valence-corrected chi connectivity index (χ2v) is 8.56. The number of hydrogen-bond acceptors (Lipinski definition) is 5. The lowest BCUT2D eigenvalue weighted by atomic mass is 9.86. The third-order valence-electron chi connectivity index (χ3n) is 5.96. The molecule has 0 unspecified atom stereocenters. The highest BCUT2D eigenvalue weighted by Gasteiger charge is 2.20. The van der Waals surface area contributed by atoms with Crippen LogP contribution in [0.5, 0.6) is 0 Å². The zero-order valence-electron chi connectivity index (χ0n) is 18.3. The van der Waals surface area contributed by atoms with Gasteiger partial charge in [-0.1, -0.05) is 18.2 Å². The van der Waals surface area contributed by atoms with E-state index in [-0.39, 0.29) is 5.56 Å². The minimum atomic E-state index is -0.610. The van der Waals surface area contributed by atoms with Crippen LogP contribution in [0.3, 0.4) is 0 Å². The molecule has 3 heterocycles. The first-order chi connectivity index (χ1) is 15.9. The monoisotopic (exact) mass is 431 g/mol. The van der Waals surface area contributed by atoms with E-state index in [4.69, 9.17) is 5.73 Å². The number of fused-ring (bicyclic) bond motifs is 3. The number of aromatic nitrogens is 3. The molecule has 0 aliphatic carbocycles. The van der Waals surface area contributed by atoms with Crippen molar-refractivity contribution in [2.45, 2.75) is 19.3 Å². The van der Waals surface area contributed by atoms with E-state index in [1.807, 2.05) is 62.4 Å². The molecule has 0 aliphatic rings. The molecule has 0 fully saturated rings. The summed E-state index contributed by atoms with van der Waals surface area (Å²) in [6, 6.07) is 22.9. The van der Waals surface area contributed by atoms with Gasteiger partial charge < -0.3 is 5.73 Å². The van der Waals surface area contributed by atoms with Crippen molar-refractivity contribution >= 4 is 27.6 Å². The lowest BCUT2D eigenvalue weighted by Gasteiger charge is -2.17. The average Bonchev–Trinajstić information content (AvgIpc) is 2.84. The van der Waals surface area contributed by atoms with Crippen molar-refractivity contribution in [3.63, 3.8) is 0 Å². The Hall–Kier alpha value is -4.50. The van der Waals surface area contributed by atoms with Gasteiger partial charge in [-0.3, -0.25) is 14.3 Å². The molecule has 0 radical (unpaired) electrons. The largest absolute Gasteiger partial charge is 0.384 e. The van der Waals surface area contributed by atoms with Crippen molar-refractivity contribution in [2.24, 2.45) is 0 Å². The van der Waals surface area contributed by atoms with Crippen molar-refractivity contribution < 1.29 is 0 Å². The minimum Gasteiger partial charge on any atom is -0.384 e. The Morgan fingerprint density at radius 3 is 2.36 bits per heavy atom. The van der Waals surface area contributed by atoms with Gasteiger partial charge in [0.15, 0.2) is 0 Å². The second-order valence-electron chi connectivity index (χ2n) is 8.56. The third-order valence-corrected chi connectivity index (χ3v) is 5.96. The van der Waals surface area contributed by atoms with E-state index in [9.17, 15) is 10.1 Å². The van der Waals surface area contributed by atoms with E-state index in [0.717, 1.165) is 44.2 Å². The van der Waals surface area contributed by atoms with Crippen molar-refractivity contribution in [3.05, 3.63) is 95.0 Å². The Balaban J connectivity index is 1.77. The van der Waals surface area contributed by atoms with Crippen LogP contribution in [0.15, 0.2) is 83.9 Å². The molecule has 160 valence electrons. The number of nitrogens with zero attached hydrogens (tertiary/aromatic N) is 4. The summed E-state index contributed by atoms with van der Waals surface area (Å²) in [4.78, 5) is 21.9. The van der Waals surface area contributed by atoms with Crippen LogP contribution < -0.4 is 11.3 Å². The highest BCUT2D eigenvalue weighted by Crippen LogP contribution is 2.30. The van der Waals surface area contributed by atoms with Crippen molar-refractivity contribution in [1.82, 2.24) is 14.5 Å². The molecule has 0 aliphatic heterocycles. The molecule has 3 aromatic heterocycles. The average molecular weight is 431 g/mol. The number of nitrogen functional groups attached to an aromatic ring is 1. The van der Waals surface area contributed by atoms with E-state index < -0.39 is 5.41 Å². The Bertz CT molecular complexity index is 1610. The summed E-state index contributed by atoms with van der Waals surface area (Å²) in [6.07, 6.45) is 3.52. The van der Waals surface area contributed by atoms with E-state index in [1.165, 1.54) is 0 Å². The number of anilines is 1. The summed E-state index contributed by atoms with van der Waals surface area (Å²) in [5, 5.41) is 11.2. The summed E-state index contributed by atoms with van der Waals surface area (Å²) >= 11 is 0. The van der Waals surface area contributed by atoms with Gasteiger partial charge in [0.05, 0.1) is 22.5 Å². The normalized spacial score (nSPS) is 11.5. The van der Waals surface area contributed by atoms with Gasteiger partial charge in [0.1, 0.15) is 5.82 Å². The first-order valence-electron chi connectivity index (χ1n) is 10.6. The SMILES string of the molecule is CC(C)(C#N)c1ccc(-n2c(=O)ccc3cnc4ccc(-c5ccc(N)nc5)cc4c32)cc1. The van der Waals surface area contributed by atoms with Gasteiger partial charge in [0, 0.05) is 40.5 Å². The van der Waals surface area contributed by atoms with Crippen molar-refractivity contribution in [1.29, 1.82) is 5.26 Å². The standard InChI is InChI=1S/C27H21N5O/c1-27(2,16-28)20-6-8-21(9-7-20)32-25(33)12-5-19-15-30-23-10-3-17(13-22(23)26(19)32)18-4-11-24(29)31-14-18/h3-15H,1-2H3,(H2,29,31). The van der Waals surface area contributed by atoms with Crippen LogP contribution >= 0.6 is 0 Å². The molecule has 0 bridgehead atoms. The predicted molar refractivity (Wildman–Crippen MR) is 131 cm³/mol. The van der Waals surface area contributed by atoms with Crippen LogP contribution in [0.4, 0.5) is 5.82 Å². The number of hydrogen-bond donors (Lipinski definition) is 1. The third kappa shape index (κ3) is 3.50. The van der Waals surface area contributed by atoms with Crippen LogP contribution in [0.2, 0.25) is 0 Å². The fourth-order valence-corrected chi connectivity index (χ4v) is 4.02. The molecular weight excluding hydrogens is 410 g/mol. The fraction of sp³-hybridized carbons (Fsp3) is 0.111. The zero-order valence-corrected chi connectivity index (χ0v) is 18.3. The molecule has 2 N–H and O–H groups in total. The van der Waals surface area contributed by atoms with Gasteiger partial charge in [0.25, 0.3) is 5.56 Å². The van der Waals surface area contributed by atoms with Crippen LogP contribution in [0, 0.1) is 11.3 Å². The molecular formula is C27H21N5O. The van der Waals surface area contributed by atoms with Crippen molar-refractivity contribution in [3.8, 4) is 22.9 Å². The first-order valence-corrected chi connectivity index (χ1v) is 10.6. The molecule has 0 atom stereocenters. The van der Waals surface area contributed by atoms with Crippen LogP contribution in [-0.2, 0) is 5.41 Å². The van der Waals surface area contributed by atoms with E-state index in [2.05, 4.69) is 16.0 Å². The maximum Gasteiger partial charge on any atom is 0.255 e. The van der Waals surface area contributed by atoms with E-state index >= 15 is 0 Å². The summed E-state index contributed by atoms with van der Waals surface area (Å²) in [5.74, 6) is 0.462. The number of nitrogens with two attached hydrogens (primary N) is 1. The molecule has 2 aromatic carbocycles. The first kappa shape index (κ1) is 20.4. The zero-order chi connectivity index (χ0) is 23.2. The minimum absolute atomic E-state index is 0.137. The van der Waals surface area contributed by atoms with Crippen LogP contribution in [0.1, 0.15) is 19.4 Å². The Morgan fingerprint density at radius 2 is 1.67 bits per heavy atom. The van der Waals surface area contributed by atoms with Crippen LogP contribution in [-0.4, -0.2) is 14.5 Å². The highest BCUT2D eigenvalue weighted by atomic mass is 16.1. The summed E-state index contributed by atoms with van der Waals surface area (Å²) in [5.41, 5.74) is 10.1. The number of benzene rings is 2. The van der Waals surface area contributed by atoms with Gasteiger partial charge in [-0.2, -0.15) is 5.26 Å². The smallest absolute Gasteiger partial charge is 0.255 e. The molecule has 5 rings (SSSR count). The molecule has 0 spiro atoms. The maximum atomic E-state index is 13.1. The van der Waals surface area contributed by atoms with Gasteiger partial charge in [0.2, 0.25) is 0 Å². The van der Waals surface area contributed by atoms with E-state index in [0.29, 0.717) is 5.82 Å². The summed E-state index contributed by atoms with van der Waals surface area (Å²) in [6.45, 7) is 3.75. The number of rotatable bonds is 3. The Morgan fingerprint density at radius 1 is 0.909 bits per heavy atom. The number of nitriles is 1. The van der Waals surface area contributed by atoms with Gasteiger partial charge >= 0.3 is 0 Å². The Labute approximate surface area is 190 Å². The molecule has 0 amide bonds. The topological polar surface area (TPSA) is 97.6 Å². The molecule has 5 aromatic rings. The van der Waals surface area contributed by atoms with Gasteiger partial charge in [-0.15, -0.1) is 0 Å². The lowest BCUT2D eigenvalue weighted by Crippen LogP contribution is -2.18. The van der Waals surface area contributed by atoms with Crippen LogP contribution in [0.25, 0.3) is 38.6 Å². The molecule has 6 nitrogen and oxygen atoms in total. The Kier molecular flexibility index (Phi) is 4.68. The summed E-state index contributed by atoms with van der Waals surface area (Å²) in [7, 11) is 0. The summed E-state index contributed by atoms with van der Waals surface area (Å²) < 4.78 is 1.70. The number of pyridine rings is 3. The second kappa shape index (κ2) is 7.57. The predicted octanol–water partition coefficient (Wildman–Crippen LogP) is 4.98. The molecule has 0 saturated carbocycles. The molecule has 0 saturated heterocycles. The van der Waals surface area contributed by atoms with Gasteiger partial charge in [-0.05, 0) is 67.4 Å². The van der Waals surface area contributed by atoms with Gasteiger partial charge in [-0.25, -0.2) is 4.98 Å². The lowest BCUT2D eigenvalue weighted by molar-refractivity contribution is 0.686. The fourth-order valence-electron chi connectivity index (χ4n) is 4.02. The molecule has 33 heavy (non-hydrogen) atoms. The van der Waals surface area contributed by atoms with E-state index in [1.54, 1.807) is 35.2 Å². The maximum absolute atomic E-state index is 13.1. The quantitative estimate of drug-likeness (QED) is 0.406.